The summed E-state index contributed by atoms with van der Waals surface area (Å²) in [6.07, 6.45) is 4.94. The Morgan fingerprint density at radius 2 is 2.06 bits per heavy atom. The summed E-state index contributed by atoms with van der Waals surface area (Å²) in [4.78, 5) is 0. The van der Waals surface area contributed by atoms with Crippen molar-refractivity contribution >= 4 is 0 Å². The Morgan fingerprint density at radius 3 is 2.59 bits per heavy atom. The Balaban J connectivity index is 0.000000185. The van der Waals surface area contributed by atoms with Crippen LogP contribution in [-0.2, 0) is 6.42 Å². The molecule has 0 aromatic heterocycles. The maximum absolute atomic E-state index is 9.38. The summed E-state index contributed by atoms with van der Waals surface area (Å²) in [7, 11) is 0. The second-order valence-electron chi connectivity index (χ2n) is 4.74. The van der Waals surface area contributed by atoms with Crippen molar-refractivity contribution in [3.63, 3.8) is 0 Å². The third kappa shape index (κ3) is 4.88. The van der Waals surface area contributed by atoms with Crippen molar-refractivity contribution in [1.82, 2.24) is 0 Å². The van der Waals surface area contributed by atoms with Gasteiger partial charge >= 0.3 is 0 Å². The summed E-state index contributed by atoms with van der Waals surface area (Å²) in [6, 6.07) is 8.10. The van der Waals surface area contributed by atoms with E-state index in [1.54, 1.807) is 0 Å². The van der Waals surface area contributed by atoms with Crippen LogP contribution in [0.15, 0.2) is 24.3 Å². The van der Waals surface area contributed by atoms with E-state index < -0.39 is 0 Å². The fourth-order valence-corrected chi connectivity index (χ4v) is 2.03. The molecule has 0 saturated heterocycles. The molecule has 2 atom stereocenters. The van der Waals surface area contributed by atoms with E-state index >= 15 is 0 Å². The maximum Gasteiger partial charge on any atom is 0.0795 e. The summed E-state index contributed by atoms with van der Waals surface area (Å²) in [5, 5.41) is 18.1. The highest BCUT2D eigenvalue weighted by Gasteiger charge is 2.18. The SMILES string of the molecule is CCCC[C@H](C)O.O[C@@H]1CCc2ccccc21. The lowest BCUT2D eigenvalue weighted by Gasteiger charge is -2.00. The molecule has 0 amide bonds. The molecule has 2 heteroatoms. The summed E-state index contributed by atoms with van der Waals surface area (Å²) < 4.78 is 0. The molecule has 0 heterocycles. The van der Waals surface area contributed by atoms with Gasteiger partial charge in [0.15, 0.2) is 0 Å². The molecule has 96 valence electrons. The van der Waals surface area contributed by atoms with Crippen LogP contribution in [0.5, 0.6) is 0 Å². The minimum absolute atomic E-state index is 0.0973. The van der Waals surface area contributed by atoms with Crippen LogP contribution >= 0.6 is 0 Å². The number of benzene rings is 1. The first kappa shape index (κ1) is 14.2. The Morgan fingerprint density at radius 1 is 1.35 bits per heavy atom. The van der Waals surface area contributed by atoms with E-state index in [2.05, 4.69) is 13.0 Å². The first-order valence-electron chi connectivity index (χ1n) is 6.59. The van der Waals surface area contributed by atoms with E-state index in [1.165, 1.54) is 12.0 Å². The summed E-state index contributed by atoms with van der Waals surface area (Å²) in [5.41, 5.74) is 2.44. The molecule has 1 aliphatic carbocycles. The fraction of sp³-hybridized carbons (Fsp3) is 0.600. The Labute approximate surface area is 104 Å². The zero-order valence-corrected chi connectivity index (χ0v) is 10.9. The van der Waals surface area contributed by atoms with Gasteiger partial charge < -0.3 is 10.2 Å². The van der Waals surface area contributed by atoms with Crippen molar-refractivity contribution in [3.05, 3.63) is 35.4 Å². The van der Waals surface area contributed by atoms with Gasteiger partial charge in [0.2, 0.25) is 0 Å². The van der Waals surface area contributed by atoms with E-state index in [1.807, 2.05) is 25.1 Å². The third-order valence-corrected chi connectivity index (χ3v) is 3.08. The number of fused-ring (bicyclic) bond motifs is 1. The van der Waals surface area contributed by atoms with Gasteiger partial charge in [0.05, 0.1) is 12.2 Å². The number of rotatable bonds is 3. The van der Waals surface area contributed by atoms with Crippen molar-refractivity contribution < 1.29 is 10.2 Å². The molecule has 17 heavy (non-hydrogen) atoms. The Bertz CT molecular complexity index is 320. The van der Waals surface area contributed by atoms with Crippen LogP contribution in [0.2, 0.25) is 0 Å². The largest absolute Gasteiger partial charge is 0.393 e. The van der Waals surface area contributed by atoms with E-state index in [9.17, 15) is 5.11 Å². The number of hydrogen-bond donors (Lipinski definition) is 2. The fourth-order valence-electron chi connectivity index (χ4n) is 2.03. The molecule has 0 radical (unpaired) electrons. The molecule has 1 aromatic carbocycles. The molecular weight excluding hydrogens is 212 g/mol. The zero-order valence-electron chi connectivity index (χ0n) is 10.9. The van der Waals surface area contributed by atoms with Gasteiger partial charge in [-0.2, -0.15) is 0 Å². The van der Waals surface area contributed by atoms with Gasteiger partial charge in [-0.1, -0.05) is 44.0 Å². The van der Waals surface area contributed by atoms with E-state index in [0.717, 1.165) is 31.2 Å². The van der Waals surface area contributed by atoms with E-state index in [0.29, 0.717) is 0 Å². The minimum atomic E-state index is -0.198. The van der Waals surface area contributed by atoms with E-state index in [-0.39, 0.29) is 12.2 Å². The number of unbranched alkanes of at least 4 members (excludes halogenated alkanes) is 1. The van der Waals surface area contributed by atoms with Crippen LogP contribution in [0, 0.1) is 0 Å². The third-order valence-electron chi connectivity index (χ3n) is 3.08. The first-order chi connectivity index (χ1) is 8.15. The maximum atomic E-state index is 9.38. The molecular formula is C15H24O2. The molecule has 0 bridgehead atoms. The molecule has 2 rings (SSSR count). The molecule has 0 spiro atoms. The average Bonchev–Trinajstić information content (AvgIpc) is 2.70. The normalized spacial score (nSPS) is 19.2. The highest BCUT2D eigenvalue weighted by atomic mass is 16.3. The van der Waals surface area contributed by atoms with Crippen molar-refractivity contribution in [1.29, 1.82) is 0 Å². The quantitative estimate of drug-likeness (QED) is 0.846. The monoisotopic (exact) mass is 236 g/mol. The van der Waals surface area contributed by atoms with Gasteiger partial charge in [0, 0.05) is 0 Å². The van der Waals surface area contributed by atoms with Crippen LogP contribution in [0.3, 0.4) is 0 Å². The van der Waals surface area contributed by atoms with Crippen LogP contribution < -0.4 is 0 Å². The van der Waals surface area contributed by atoms with Crippen molar-refractivity contribution in [3.8, 4) is 0 Å². The second-order valence-corrected chi connectivity index (χ2v) is 4.74. The molecule has 2 N–H and O–H groups in total. The Kier molecular flexibility index (Phi) is 6.23. The van der Waals surface area contributed by atoms with Gasteiger partial charge in [-0.3, -0.25) is 0 Å². The predicted octanol–water partition coefficient (Wildman–Crippen LogP) is 3.22. The minimum Gasteiger partial charge on any atom is -0.393 e. The van der Waals surface area contributed by atoms with Crippen LogP contribution in [-0.4, -0.2) is 16.3 Å². The lowest BCUT2D eigenvalue weighted by molar-refractivity contribution is 0.180. The molecule has 0 saturated carbocycles. The van der Waals surface area contributed by atoms with Crippen molar-refractivity contribution in [2.45, 2.75) is 58.2 Å². The predicted molar refractivity (Wildman–Crippen MR) is 70.9 cm³/mol. The van der Waals surface area contributed by atoms with Crippen LogP contribution in [0.4, 0.5) is 0 Å². The van der Waals surface area contributed by atoms with Gasteiger partial charge in [0.25, 0.3) is 0 Å². The van der Waals surface area contributed by atoms with Gasteiger partial charge in [-0.25, -0.2) is 0 Å². The highest BCUT2D eigenvalue weighted by Crippen LogP contribution is 2.29. The Hall–Kier alpha value is -0.860. The molecule has 0 unspecified atom stereocenters. The zero-order chi connectivity index (χ0) is 12.7. The molecule has 0 aliphatic heterocycles. The van der Waals surface area contributed by atoms with Gasteiger partial charge in [0.1, 0.15) is 0 Å². The second kappa shape index (κ2) is 7.46. The van der Waals surface area contributed by atoms with Crippen molar-refractivity contribution in [2.24, 2.45) is 0 Å². The summed E-state index contributed by atoms with van der Waals surface area (Å²) in [6.45, 7) is 3.96. The smallest absolute Gasteiger partial charge is 0.0795 e. The number of aliphatic hydroxyl groups is 2. The van der Waals surface area contributed by atoms with Gasteiger partial charge in [-0.05, 0) is 37.3 Å². The van der Waals surface area contributed by atoms with Crippen LogP contribution in [0.25, 0.3) is 0 Å². The number of hydrogen-bond acceptors (Lipinski definition) is 2. The van der Waals surface area contributed by atoms with Gasteiger partial charge in [-0.15, -0.1) is 0 Å². The highest BCUT2D eigenvalue weighted by molar-refractivity contribution is 5.32. The van der Waals surface area contributed by atoms with Crippen molar-refractivity contribution in [2.75, 3.05) is 0 Å². The lowest BCUT2D eigenvalue weighted by Crippen LogP contribution is -1.97. The standard InChI is InChI=1S/C9H10O.C6H14O/c10-9-6-5-7-3-1-2-4-8(7)9;1-3-4-5-6(2)7/h1-4,9-10H,5-6H2;6-7H,3-5H2,1-2H3/t9-;6-/m10/s1. The topological polar surface area (TPSA) is 40.5 Å². The average molecular weight is 236 g/mol. The van der Waals surface area contributed by atoms with E-state index in [4.69, 9.17) is 5.11 Å². The molecule has 0 fully saturated rings. The molecule has 2 nitrogen and oxygen atoms in total. The molecule has 1 aromatic rings. The summed E-state index contributed by atoms with van der Waals surface area (Å²) >= 11 is 0. The lowest BCUT2D eigenvalue weighted by atomic mass is 10.1. The van der Waals surface area contributed by atoms with Crippen LogP contribution in [0.1, 0.15) is 56.8 Å². The number of aryl methyl sites for hydroxylation is 1. The summed E-state index contributed by atoms with van der Waals surface area (Å²) in [5.74, 6) is 0. The molecule has 1 aliphatic rings. The first-order valence-corrected chi connectivity index (χ1v) is 6.59. The number of aliphatic hydroxyl groups excluding tert-OH is 2.